The molecular weight excluding hydrogens is 266 g/mol. The monoisotopic (exact) mass is 299 g/mol. The molecule has 1 aliphatic carbocycles. The van der Waals surface area contributed by atoms with Gasteiger partial charge < -0.3 is 15.8 Å². The van der Waals surface area contributed by atoms with Crippen molar-refractivity contribution in [3.05, 3.63) is 0 Å². The van der Waals surface area contributed by atoms with Crippen LogP contribution in [0, 0.1) is 0 Å². The van der Waals surface area contributed by atoms with Crippen LogP contribution in [0.25, 0.3) is 0 Å². The van der Waals surface area contributed by atoms with E-state index in [2.05, 4.69) is 31.0 Å². The highest BCUT2D eigenvalue weighted by Crippen LogP contribution is 2.32. The Kier molecular flexibility index (Phi) is 7.63. The molecule has 3 unspecified atom stereocenters. The van der Waals surface area contributed by atoms with Crippen molar-refractivity contribution in [2.45, 2.75) is 70.5 Å². The summed E-state index contributed by atoms with van der Waals surface area (Å²) >= 11 is 0. The highest BCUT2D eigenvalue weighted by atomic mass is 16.5. The van der Waals surface area contributed by atoms with Crippen LogP contribution in [0.5, 0.6) is 0 Å². The van der Waals surface area contributed by atoms with Crippen LogP contribution in [-0.2, 0) is 9.53 Å². The fourth-order valence-corrected chi connectivity index (χ4v) is 3.63. The normalized spacial score (nSPS) is 27.8. The molecule has 3 atom stereocenters. The predicted octanol–water partition coefficient (Wildman–Crippen LogP) is 1.51. The number of nitrogens with zero attached hydrogens (tertiary/aromatic N) is 1. The van der Waals surface area contributed by atoms with Crippen LogP contribution in [0.4, 0.5) is 0 Å². The zero-order valence-corrected chi connectivity index (χ0v) is 14.2. The van der Waals surface area contributed by atoms with Gasteiger partial charge in [-0.1, -0.05) is 13.8 Å². The minimum Gasteiger partial charge on any atom is -0.383 e. The van der Waals surface area contributed by atoms with Crippen LogP contribution in [0.15, 0.2) is 0 Å². The van der Waals surface area contributed by atoms with E-state index in [1.807, 2.05) is 0 Å². The van der Waals surface area contributed by atoms with Gasteiger partial charge in [0.1, 0.15) is 0 Å². The molecule has 0 bridgehead atoms. The Morgan fingerprint density at radius 3 is 2.76 bits per heavy atom. The summed E-state index contributed by atoms with van der Waals surface area (Å²) in [6.07, 6.45) is 4.85. The summed E-state index contributed by atoms with van der Waals surface area (Å²) in [5.74, 6) is -0.198. The first kappa shape index (κ1) is 18.4. The summed E-state index contributed by atoms with van der Waals surface area (Å²) in [6, 6.07) is 0.755. The summed E-state index contributed by atoms with van der Waals surface area (Å²) in [4.78, 5) is 14.5. The number of methoxy groups -OCH3 is 1. The van der Waals surface area contributed by atoms with Crippen LogP contribution >= 0.6 is 0 Å². The maximum absolute atomic E-state index is 12.1. The molecule has 0 aromatic heterocycles. The number of ether oxygens (including phenoxy) is 1. The number of primary amides is 1. The number of likely N-dealkylation sites (N-methyl/N-ethyl adjacent to an activating group) is 1. The van der Waals surface area contributed by atoms with E-state index < -0.39 is 5.54 Å². The largest absolute Gasteiger partial charge is 0.383 e. The Morgan fingerprint density at radius 2 is 2.24 bits per heavy atom. The fraction of sp³-hybridized carbons (Fsp3) is 0.938. The molecule has 5 nitrogen and oxygen atoms in total. The van der Waals surface area contributed by atoms with Gasteiger partial charge in [0.25, 0.3) is 0 Å². The van der Waals surface area contributed by atoms with Crippen molar-refractivity contribution in [2.75, 3.05) is 26.8 Å². The van der Waals surface area contributed by atoms with Crippen LogP contribution in [0.1, 0.15) is 52.9 Å². The lowest BCUT2D eigenvalue weighted by atomic mass is 9.77. The summed E-state index contributed by atoms with van der Waals surface area (Å²) in [5.41, 5.74) is 5.21. The molecule has 1 saturated carbocycles. The lowest BCUT2D eigenvalue weighted by Crippen LogP contribution is -2.61. The highest BCUT2D eigenvalue weighted by Gasteiger charge is 2.42. The van der Waals surface area contributed by atoms with Gasteiger partial charge in [-0.3, -0.25) is 9.69 Å². The molecule has 5 heteroatoms. The maximum Gasteiger partial charge on any atom is 0.237 e. The van der Waals surface area contributed by atoms with Crippen molar-refractivity contribution in [1.29, 1.82) is 0 Å². The lowest BCUT2D eigenvalue weighted by molar-refractivity contribution is -0.127. The number of carbonyl (C=O) groups is 1. The van der Waals surface area contributed by atoms with Crippen LogP contribution in [0.2, 0.25) is 0 Å². The average Bonchev–Trinajstić information content (AvgIpc) is 2.46. The number of carbonyl (C=O) groups excluding carboxylic acids is 1. The molecule has 0 radical (unpaired) electrons. The zero-order chi connectivity index (χ0) is 15.9. The Hall–Kier alpha value is -0.650. The Labute approximate surface area is 129 Å². The fourth-order valence-electron chi connectivity index (χ4n) is 3.63. The topological polar surface area (TPSA) is 67.6 Å². The highest BCUT2D eigenvalue weighted by molar-refractivity contribution is 5.84. The van der Waals surface area contributed by atoms with Gasteiger partial charge in [-0.05, 0) is 52.1 Å². The van der Waals surface area contributed by atoms with Crippen molar-refractivity contribution in [2.24, 2.45) is 5.73 Å². The SMILES string of the molecule is CCCNC1(C(N)=O)CCCC(N(CC)C(C)COC)C1. The summed E-state index contributed by atoms with van der Waals surface area (Å²) in [5, 5.41) is 3.43. The van der Waals surface area contributed by atoms with Gasteiger partial charge in [0.15, 0.2) is 0 Å². The molecule has 1 aliphatic rings. The maximum atomic E-state index is 12.1. The molecule has 0 spiro atoms. The van der Waals surface area contributed by atoms with Crippen molar-refractivity contribution in [1.82, 2.24) is 10.2 Å². The summed E-state index contributed by atoms with van der Waals surface area (Å²) in [7, 11) is 1.74. The van der Waals surface area contributed by atoms with Gasteiger partial charge in [-0.2, -0.15) is 0 Å². The van der Waals surface area contributed by atoms with Crippen LogP contribution < -0.4 is 11.1 Å². The van der Waals surface area contributed by atoms with Crippen molar-refractivity contribution < 1.29 is 9.53 Å². The molecule has 3 N–H and O–H groups in total. The molecule has 0 heterocycles. The van der Waals surface area contributed by atoms with E-state index in [4.69, 9.17) is 10.5 Å². The number of hydrogen-bond donors (Lipinski definition) is 2. The molecule has 0 aromatic rings. The minimum absolute atomic E-state index is 0.198. The molecule has 1 fully saturated rings. The molecule has 0 aromatic carbocycles. The molecule has 0 aliphatic heterocycles. The first-order chi connectivity index (χ1) is 10.0. The van der Waals surface area contributed by atoms with E-state index in [0.29, 0.717) is 12.1 Å². The smallest absolute Gasteiger partial charge is 0.237 e. The van der Waals surface area contributed by atoms with Crippen LogP contribution in [-0.4, -0.2) is 55.2 Å². The number of amides is 1. The van der Waals surface area contributed by atoms with Gasteiger partial charge in [-0.15, -0.1) is 0 Å². The molecular formula is C16H33N3O2. The average molecular weight is 299 g/mol. The van der Waals surface area contributed by atoms with E-state index in [0.717, 1.165) is 51.8 Å². The Morgan fingerprint density at radius 1 is 1.52 bits per heavy atom. The summed E-state index contributed by atoms with van der Waals surface area (Å²) in [6.45, 7) is 9.00. The van der Waals surface area contributed by atoms with E-state index in [1.54, 1.807) is 7.11 Å². The second kappa shape index (κ2) is 8.71. The van der Waals surface area contributed by atoms with Crippen molar-refractivity contribution in [3.63, 3.8) is 0 Å². The minimum atomic E-state index is -0.529. The number of rotatable bonds is 9. The quantitative estimate of drug-likeness (QED) is 0.677. The Balaban J connectivity index is 2.81. The van der Waals surface area contributed by atoms with E-state index in [9.17, 15) is 4.79 Å². The summed E-state index contributed by atoms with van der Waals surface area (Å²) < 4.78 is 5.29. The Bertz CT molecular complexity index is 325. The van der Waals surface area contributed by atoms with Crippen LogP contribution in [0.3, 0.4) is 0 Å². The van der Waals surface area contributed by atoms with Gasteiger partial charge in [0, 0.05) is 19.2 Å². The number of nitrogens with two attached hydrogens (primary N) is 1. The van der Waals surface area contributed by atoms with E-state index in [1.165, 1.54) is 0 Å². The molecule has 124 valence electrons. The molecule has 0 saturated heterocycles. The zero-order valence-electron chi connectivity index (χ0n) is 14.2. The van der Waals surface area contributed by atoms with Gasteiger partial charge in [0.2, 0.25) is 5.91 Å². The third-order valence-corrected chi connectivity index (χ3v) is 4.72. The lowest BCUT2D eigenvalue weighted by Gasteiger charge is -2.45. The second-order valence-electron chi connectivity index (χ2n) is 6.26. The van der Waals surface area contributed by atoms with Gasteiger partial charge in [-0.25, -0.2) is 0 Å². The van der Waals surface area contributed by atoms with Crippen molar-refractivity contribution >= 4 is 5.91 Å². The first-order valence-electron chi connectivity index (χ1n) is 8.30. The molecule has 1 rings (SSSR count). The third kappa shape index (κ3) is 4.66. The van der Waals surface area contributed by atoms with Gasteiger partial charge >= 0.3 is 0 Å². The van der Waals surface area contributed by atoms with E-state index in [-0.39, 0.29) is 5.91 Å². The first-order valence-corrected chi connectivity index (χ1v) is 8.30. The van der Waals surface area contributed by atoms with Crippen molar-refractivity contribution in [3.8, 4) is 0 Å². The molecule has 1 amide bonds. The number of nitrogens with one attached hydrogen (secondary N) is 1. The van der Waals surface area contributed by atoms with Gasteiger partial charge in [0.05, 0.1) is 12.1 Å². The second-order valence-corrected chi connectivity index (χ2v) is 6.26. The molecule has 21 heavy (non-hydrogen) atoms. The number of hydrogen-bond acceptors (Lipinski definition) is 4. The predicted molar refractivity (Wildman–Crippen MR) is 86.2 cm³/mol. The van der Waals surface area contributed by atoms with E-state index >= 15 is 0 Å². The standard InChI is InChI=1S/C16H33N3O2/c1-5-10-18-16(15(17)20)9-7-8-14(11-16)19(6-2)13(3)12-21-4/h13-14,18H,5-12H2,1-4H3,(H2,17,20). The third-order valence-electron chi connectivity index (χ3n) is 4.72.